The fraction of sp³-hybridized carbons (Fsp3) is 0.0769. The Morgan fingerprint density at radius 2 is 2.17 bits per heavy atom. The number of fused-ring (bicyclic) bond motifs is 1. The van der Waals surface area contributed by atoms with E-state index in [2.05, 4.69) is 4.98 Å². The quantitative estimate of drug-likeness (QED) is 0.768. The van der Waals surface area contributed by atoms with Crippen LogP contribution in [0.1, 0.15) is 15.2 Å². The number of imidazole rings is 1. The smallest absolute Gasteiger partial charge is 0.348 e. The average molecular weight is 258 g/mol. The lowest BCUT2D eigenvalue weighted by Gasteiger charge is -2.05. The van der Waals surface area contributed by atoms with Gasteiger partial charge >= 0.3 is 5.97 Å². The fourth-order valence-corrected chi connectivity index (χ4v) is 2.96. The van der Waals surface area contributed by atoms with Crippen LogP contribution in [0.3, 0.4) is 0 Å². The molecule has 0 unspecified atom stereocenters. The Labute approximate surface area is 107 Å². The maximum Gasteiger partial charge on any atom is 0.348 e. The largest absolute Gasteiger partial charge is 0.477 e. The minimum Gasteiger partial charge on any atom is -0.477 e. The van der Waals surface area contributed by atoms with Gasteiger partial charge in [-0.2, -0.15) is 0 Å². The molecule has 1 N–H and O–H groups in total. The van der Waals surface area contributed by atoms with E-state index in [4.69, 9.17) is 0 Å². The van der Waals surface area contributed by atoms with Crippen LogP contribution in [0.15, 0.2) is 36.7 Å². The van der Waals surface area contributed by atoms with Gasteiger partial charge in [0.2, 0.25) is 0 Å². The predicted octanol–water partition coefficient (Wildman–Crippen LogP) is 3.07. The van der Waals surface area contributed by atoms with Crippen molar-refractivity contribution in [3.8, 4) is 11.3 Å². The molecule has 2 aromatic heterocycles. The third-order valence-electron chi connectivity index (χ3n) is 2.85. The van der Waals surface area contributed by atoms with E-state index < -0.39 is 5.97 Å². The summed E-state index contributed by atoms with van der Waals surface area (Å²) in [5.41, 5.74) is 2.69. The number of aryl methyl sites for hydroxylation is 1. The molecule has 0 aliphatic heterocycles. The highest BCUT2D eigenvalue weighted by molar-refractivity contribution is 7.19. The molecular weight excluding hydrogens is 248 g/mol. The van der Waals surface area contributed by atoms with Crippen molar-refractivity contribution < 1.29 is 9.90 Å². The van der Waals surface area contributed by atoms with Gasteiger partial charge in [0.05, 0.1) is 5.69 Å². The van der Waals surface area contributed by atoms with Gasteiger partial charge in [-0.05, 0) is 12.5 Å². The summed E-state index contributed by atoms with van der Waals surface area (Å²) in [5.74, 6) is -0.913. The summed E-state index contributed by atoms with van der Waals surface area (Å²) in [6, 6.07) is 7.76. The minimum atomic E-state index is -0.913. The van der Waals surface area contributed by atoms with E-state index in [1.807, 2.05) is 35.6 Å². The molecule has 4 nitrogen and oxygen atoms in total. The summed E-state index contributed by atoms with van der Waals surface area (Å²) < 4.78 is 1.83. The highest BCUT2D eigenvalue weighted by Gasteiger charge is 2.20. The third-order valence-corrected chi connectivity index (χ3v) is 3.91. The van der Waals surface area contributed by atoms with Crippen LogP contribution in [0.25, 0.3) is 16.2 Å². The normalized spacial score (nSPS) is 10.9. The molecule has 90 valence electrons. The second kappa shape index (κ2) is 3.96. The van der Waals surface area contributed by atoms with Crippen molar-refractivity contribution in [2.45, 2.75) is 6.92 Å². The SMILES string of the molecule is Cc1ccccc1-c1c(C(=O)O)sc2nccn12. The Morgan fingerprint density at radius 1 is 1.39 bits per heavy atom. The highest BCUT2D eigenvalue weighted by atomic mass is 32.1. The van der Waals surface area contributed by atoms with Gasteiger partial charge in [-0.1, -0.05) is 35.6 Å². The number of carboxylic acid groups (broad SMARTS) is 1. The van der Waals surface area contributed by atoms with E-state index in [0.717, 1.165) is 11.1 Å². The van der Waals surface area contributed by atoms with E-state index in [9.17, 15) is 9.90 Å². The number of aromatic carboxylic acids is 1. The number of thiazole rings is 1. The number of carbonyl (C=O) groups is 1. The zero-order valence-electron chi connectivity index (χ0n) is 9.62. The molecule has 0 atom stereocenters. The molecule has 0 radical (unpaired) electrons. The first-order valence-electron chi connectivity index (χ1n) is 5.43. The van der Waals surface area contributed by atoms with E-state index in [1.54, 1.807) is 12.4 Å². The molecular formula is C13H10N2O2S. The second-order valence-electron chi connectivity index (χ2n) is 3.98. The summed E-state index contributed by atoms with van der Waals surface area (Å²) in [6.45, 7) is 1.97. The summed E-state index contributed by atoms with van der Waals surface area (Å²) >= 11 is 1.19. The number of rotatable bonds is 2. The van der Waals surface area contributed by atoms with Crippen LogP contribution in [0.4, 0.5) is 0 Å². The van der Waals surface area contributed by atoms with Gasteiger partial charge in [0.25, 0.3) is 0 Å². The average Bonchev–Trinajstić information content (AvgIpc) is 2.89. The number of hydrogen-bond acceptors (Lipinski definition) is 3. The molecule has 0 fully saturated rings. The Kier molecular flexibility index (Phi) is 2.41. The zero-order valence-corrected chi connectivity index (χ0v) is 10.4. The van der Waals surface area contributed by atoms with Gasteiger partial charge in [0.1, 0.15) is 4.88 Å². The number of benzene rings is 1. The van der Waals surface area contributed by atoms with Crippen LogP contribution in [-0.4, -0.2) is 20.5 Å². The molecule has 3 aromatic rings. The van der Waals surface area contributed by atoms with E-state index in [-0.39, 0.29) is 0 Å². The molecule has 0 spiro atoms. The van der Waals surface area contributed by atoms with Gasteiger partial charge < -0.3 is 5.11 Å². The minimum absolute atomic E-state index is 0.326. The van der Waals surface area contributed by atoms with Gasteiger partial charge in [-0.25, -0.2) is 9.78 Å². The van der Waals surface area contributed by atoms with Crippen molar-refractivity contribution in [2.24, 2.45) is 0 Å². The van der Waals surface area contributed by atoms with Gasteiger partial charge in [-0.3, -0.25) is 4.40 Å². The van der Waals surface area contributed by atoms with Crippen LogP contribution in [-0.2, 0) is 0 Å². The van der Waals surface area contributed by atoms with Gasteiger partial charge in [0.15, 0.2) is 4.96 Å². The Morgan fingerprint density at radius 3 is 2.89 bits per heavy atom. The molecule has 0 bridgehead atoms. The zero-order chi connectivity index (χ0) is 12.7. The Bertz CT molecular complexity index is 742. The fourth-order valence-electron chi connectivity index (χ4n) is 2.02. The Balaban J connectivity index is 2.39. The maximum absolute atomic E-state index is 11.3. The van der Waals surface area contributed by atoms with Crippen LogP contribution >= 0.6 is 11.3 Å². The molecule has 0 saturated heterocycles. The molecule has 3 rings (SSSR count). The summed E-state index contributed by atoms with van der Waals surface area (Å²) in [6.07, 6.45) is 3.47. The lowest BCUT2D eigenvalue weighted by Crippen LogP contribution is -1.98. The number of aromatic nitrogens is 2. The predicted molar refractivity (Wildman–Crippen MR) is 70.2 cm³/mol. The van der Waals surface area contributed by atoms with E-state index in [1.165, 1.54) is 11.3 Å². The molecule has 1 aromatic carbocycles. The van der Waals surface area contributed by atoms with Crippen LogP contribution < -0.4 is 0 Å². The van der Waals surface area contributed by atoms with Crippen molar-refractivity contribution in [2.75, 3.05) is 0 Å². The lowest BCUT2D eigenvalue weighted by molar-refractivity contribution is 0.0702. The van der Waals surface area contributed by atoms with Crippen molar-refractivity contribution in [3.63, 3.8) is 0 Å². The van der Waals surface area contributed by atoms with Gasteiger partial charge in [0, 0.05) is 18.0 Å². The lowest BCUT2D eigenvalue weighted by atomic mass is 10.1. The standard InChI is InChI=1S/C13H10N2O2S/c1-8-4-2-3-5-9(8)10-11(12(16)17)18-13-14-6-7-15(10)13/h2-7H,1H3,(H,16,17). The molecule has 0 aliphatic rings. The summed E-state index contributed by atoms with van der Waals surface area (Å²) in [5, 5.41) is 9.31. The third kappa shape index (κ3) is 1.52. The Hall–Kier alpha value is -2.14. The van der Waals surface area contributed by atoms with Crippen molar-refractivity contribution >= 4 is 22.3 Å². The van der Waals surface area contributed by atoms with Crippen molar-refractivity contribution in [1.29, 1.82) is 0 Å². The number of hydrogen-bond donors (Lipinski definition) is 1. The van der Waals surface area contributed by atoms with Crippen LogP contribution in [0.5, 0.6) is 0 Å². The number of nitrogens with zero attached hydrogens (tertiary/aromatic N) is 2. The molecule has 18 heavy (non-hydrogen) atoms. The number of carboxylic acids is 1. The van der Waals surface area contributed by atoms with Crippen LogP contribution in [0, 0.1) is 6.92 Å². The molecule has 0 amide bonds. The second-order valence-corrected chi connectivity index (χ2v) is 4.96. The van der Waals surface area contributed by atoms with E-state index >= 15 is 0 Å². The molecule has 0 saturated carbocycles. The van der Waals surface area contributed by atoms with Crippen molar-refractivity contribution in [3.05, 3.63) is 47.1 Å². The maximum atomic E-state index is 11.3. The first-order chi connectivity index (χ1) is 8.68. The van der Waals surface area contributed by atoms with Crippen molar-refractivity contribution in [1.82, 2.24) is 9.38 Å². The van der Waals surface area contributed by atoms with E-state index in [0.29, 0.717) is 15.5 Å². The molecule has 5 heteroatoms. The topological polar surface area (TPSA) is 54.6 Å². The van der Waals surface area contributed by atoms with Gasteiger partial charge in [-0.15, -0.1) is 0 Å². The monoisotopic (exact) mass is 258 g/mol. The molecule has 0 aliphatic carbocycles. The highest BCUT2D eigenvalue weighted by Crippen LogP contribution is 2.33. The first-order valence-corrected chi connectivity index (χ1v) is 6.25. The van der Waals surface area contributed by atoms with Crippen LogP contribution in [0.2, 0.25) is 0 Å². The molecule has 2 heterocycles. The first kappa shape index (κ1) is 11.0. The summed E-state index contributed by atoms with van der Waals surface area (Å²) in [4.78, 5) is 16.5. The summed E-state index contributed by atoms with van der Waals surface area (Å²) in [7, 11) is 0.